The van der Waals surface area contributed by atoms with Gasteiger partial charge in [-0.1, -0.05) is 41.9 Å². The fraction of sp³-hybridized carbons (Fsp3) is 0.286. The van der Waals surface area contributed by atoms with Crippen molar-refractivity contribution in [3.05, 3.63) is 64.7 Å². The first kappa shape index (κ1) is 22.9. The molecule has 1 aliphatic heterocycles. The van der Waals surface area contributed by atoms with E-state index in [1.807, 2.05) is 0 Å². The maximum atomic E-state index is 12.9. The molecular weight excluding hydrogens is 442 g/mol. The molecule has 0 radical (unpaired) electrons. The van der Waals surface area contributed by atoms with Crippen LogP contribution in [0, 0.1) is 0 Å². The number of aliphatic carboxylic acids is 1. The van der Waals surface area contributed by atoms with Gasteiger partial charge in [0.2, 0.25) is 11.8 Å². The van der Waals surface area contributed by atoms with Gasteiger partial charge in [0.15, 0.2) is 0 Å². The molecular formula is C21H22ClN3O5S. The highest BCUT2D eigenvalue weighted by Crippen LogP contribution is 2.31. The monoisotopic (exact) mass is 463 g/mol. The molecule has 2 amide bonds. The number of halogens is 1. The van der Waals surface area contributed by atoms with E-state index in [4.69, 9.17) is 11.6 Å². The number of thiol groups is 1. The van der Waals surface area contributed by atoms with Gasteiger partial charge in [0.25, 0.3) is 0 Å². The molecule has 4 N–H and O–H groups in total. The Balaban J connectivity index is 1.66. The van der Waals surface area contributed by atoms with Crippen molar-refractivity contribution in [2.45, 2.75) is 23.9 Å². The quantitative estimate of drug-likeness (QED) is 0.398. The number of para-hydroxylation sites is 1. The molecule has 31 heavy (non-hydrogen) atoms. The molecule has 1 heterocycles. The molecule has 2 aromatic carbocycles. The lowest BCUT2D eigenvalue weighted by atomic mass is 10.1. The molecule has 0 aliphatic carbocycles. The molecule has 3 rings (SSSR count). The van der Waals surface area contributed by atoms with Crippen LogP contribution < -0.4 is 10.6 Å². The van der Waals surface area contributed by atoms with Gasteiger partial charge >= 0.3 is 5.97 Å². The van der Waals surface area contributed by atoms with Crippen LogP contribution in [0.1, 0.15) is 17.3 Å². The number of nitrogens with one attached hydrogen (secondary N) is 2. The van der Waals surface area contributed by atoms with E-state index in [-0.39, 0.29) is 12.3 Å². The first-order valence-corrected chi connectivity index (χ1v) is 10.4. The fourth-order valence-corrected chi connectivity index (χ4v) is 3.84. The second-order valence-corrected chi connectivity index (χ2v) is 8.15. The zero-order valence-electron chi connectivity index (χ0n) is 16.4. The minimum atomic E-state index is -1.18. The van der Waals surface area contributed by atoms with E-state index in [1.165, 1.54) is 6.07 Å². The van der Waals surface area contributed by atoms with E-state index < -0.39 is 41.8 Å². The van der Waals surface area contributed by atoms with Gasteiger partial charge < -0.3 is 20.4 Å². The molecule has 10 heteroatoms. The summed E-state index contributed by atoms with van der Waals surface area (Å²) in [6.07, 6.45) is -0.489. The van der Waals surface area contributed by atoms with E-state index in [9.17, 15) is 24.6 Å². The number of carbonyl (C=O) groups excluding carboxylic acids is 2. The minimum absolute atomic E-state index is 0.0137. The van der Waals surface area contributed by atoms with Gasteiger partial charge in [-0.15, -0.1) is 0 Å². The third-order valence-electron chi connectivity index (χ3n) is 4.98. The molecule has 3 atom stereocenters. The molecule has 0 bridgehead atoms. The molecule has 0 aromatic heterocycles. The predicted molar refractivity (Wildman–Crippen MR) is 118 cm³/mol. The summed E-state index contributed by atoms with van der Waals surface area (Å²) in [5.74, 6) is -2.29. The van der Waals surface area contributed by atoms with Gasteiger partial charge in [0.1, 0.15) is 18.0 Å². The summed E-state index contributed by atoms with van der Waals surface area (Å²) in [6, 6.07) is 12.2. The lowest BCUT2D eigenvalue weighted by molar-refractivity contribution is -0.149. The number of phenolic OH excluding ortho intramolecular Hbond substituents is 1. The van der Waals surface area contributed by atoms with Gasteiger partial charge in [0.05, 0.1) is 11.8 Å². The number of carboxylic acid groups (broad SMARTS) is 1. The van der Waals surface area contributed by atoms with E-state index in [1.54, 1.807) is 42.5 Å². The summed E-state index contributed by atoms with van der Waals surface area (Å²) in [5, 5.41) is 25.0. The SMILES string of the molecule is O=C(NCC(=O)N1C(C(=O)O)CNC1c1ccccc1O)C(S)Cc1ccc(Cl)cc1. The van der Waals surface area contributed by atoms with Crippen molar-refractivity contribution in [2.24, 2.45) is 0 Å². The molecule has 164 valence electrons. The van der Waals surface area contributed by atoms with Crippen molar-refractivity contribution >= 4 is 42.0 Å². The van der Waals surface area contributed by atoms with Crippen molar-refractivity contribution in [1.82, 2.24) is 15.5 Å². The zero-order valence-corrected chi connectivity index (χ0v) is 18.0. The maximum absolute atomic E-state index is 12.9. The van der Waals surface area contributed by atoms with Crippen LogP contribution in [0.5, 0.6) is 5.75 Å². The molecule has 0 spiro atoms. The average Bonchev–Trinajstić information content (AvgIpc) is 3.19. The number of amides is 2. The van der Waals surface area contributed by atoms with Crippen molar-refractivity contribution < 1.29 is 24.6 Å². The lowest BCUT2D eigenvalue weighted by Crippen LogP contribution is -2.48. The highest BCUT2D eigenvalue weighted by Gasteiger charge is 2.42. The van der Waals surface area contributed by atoms with E-state index in [0.717, 1.165) is 10.5 Å². The number of carbonyl (C=O) groups is 3. The second kappa shape index (κ2) is 10.0. The standard InChI is InChI=1S/C21H22ClN3O5S/c22-13-7-5-12(6-8-13)9-17(31)20(28)24-11-18(27)25-15(21(29)30)10-23-19(25)14-3-1-2-4-16(14)26/h1-8,15,17,19,23,26,31H,9-11H2,(H,24,28)(H,29,30). The zero-order chi connectivity index (χ0) is 22.5. The van der Waals surface area contributed by atoms with Crippen molar-refractivity contribution in [1.29, 1.82) is 0 Å². The van der Waals surface area contributed by atoms with Crippen LogP contribution in [0.4, 0.5) is 0 Å². The Kier molecular flexibility index (Phi) is 7.42. The number of hydrogen-bond donors (Lipinski definition) is 5. The van der Waals surface area contributed by atoms with Crippen LogP contribution in [0.25, 0.3) is 0 Å². The Morgan fingerprint density at radius 2 is 1.87 bits per heavy atom. The topological polar surface area (TPSA) is 119 Å². The number of rotatable bonds is 7. The van der Waals surface area contributed by atoms with Gasteiger partial charge in [-0.05, 0) is 30.2 Å². The Morgan fingerprint density at radius 3 is 2.52 bits per heavy atom. The Labute approximate surface area is 189 Å². The molecule has 2 aromatic rings. The summed E-state index contributed by atoms with van der Waals surface area (Å²) in [6.45, 7) is -0.383. The van der Waals surface area contributed by atoms with Gasteiger partial charge in [-0.3, -0.25) is 14.9 Å². The van der Waals surface area contributed by atoms with E-state index in [0.29, 0.717) is 17.0 Å². The number of phenols is 1. The molecule has 1 saturated heterocycles. The Bertz CT molecular complexity index is 972. The van der Waals surface area contributed by atoms with Crippen LogP contribution in [0.15, 0.2) is 48.5 Å². The largest absolute Gasteiger partial charge is 0.508 e. The summed E-state index contributed by atoms with van der Waals surface area (Å²) in [7, 11) is 0. The molecule has 8 nitrogen and oxygen atoms in total. The number of nitrogens with zero attached hydrogens (tertiary/aromatic N) is 1. The van der Waals surface area contributed by atoms with Gasteiger partial charge in [-0.2, -0.15) is 12.6 Å². The summed E-state index contributed by atoms with van der Waals surface area (Å²) >= 11 is 10.2. The van der Waals surface area contributed by atoms with Crippen LogP contribution in [-0.2, 0) is 20.8 Å². The van der Waals surface area contributed by atoms with Crippen LogP contribution in [0.3, 0.4) is 0 Å². The highest BCUT2D eigenvalue weighted by molar-refractivity contribution is 7.81. The molecule has 3 unspecified atom stereocenters. The average molecular weight is 464 g/mol. The number of hydrogen-bond acceptors (Lipinski definition) is 6. The number of aromatic hydroxyl groups is 1. The molecule has 1 fully saturated rings. The summed E-state index contributed by atoms with van der Waals surface area (Å²) in [4.78, 5) is 38.0. The van der Waals surface area contributed by atoms with Crippen LogP contribution >= 0.6 is 24.2 Å². The third kappa shape index (κ3) is 5.49. The molecule has 0 saturated carbocycles. The van der Waals surface area contributed by atoms with E-state index in [2.05, 4.69) is 23.3 Å². The number of benzene rings is 2. The van der Waals surface area contributed by atoms with Crippen molar-refractivity contribution in [2.75, 3.05) is 13.1 Å². The van der Waals surface area contributed by atoms with Crippen LogP contribution in [0.2, 0.25) is 5.02 Å². The van der Waals surface area contributed by atoms with Crippen LogP contribution in [-0.4, -0.2) is 57.3 Å². The highest BCUT2D eigenvalue weighted by atomic mass is 35.5. The molecule has 1 aliphatic rings. The van der Waals surface area contributed by atoms with Gasteiger partial charge in [-0.25, -0.2) is 4.79 Å². The third-order valence-corrected chi connectivity index (χ3v) is 5.65. The Morgan fingerprint density at radius 1 is 1.19 bits per heavy atom. The fourth-order valence-electron chi connectivity index (χ4n) is 3.41. The minimum Gasteiger partial charge on any atom is -0.508 e. The first-order valence-electron chi connectivity index (χ1n) is 9.53. The lowest BCUT2D eigenvalue weighted by Gasteiger charge is -2.28. The predicted octanol–water partition coefficient (Wildman–Crippen LogP) is 1.59. The number of carboxylic acids is 1. The first-order chi connectivity index (χ1) is 14.8. The maximum Gasteiger partial charge on any atom is 0.327 e. The smallest absolute Gasteiger partial charge is 0.327 e. The summed E-state index contributed by atoms with van der Waals surface area (Å²) < 4.78 is 0. The second-order valence-electron chi connectivity index (χ2n) is 7.09. The van der Waals surface area contributed by atoms with Crippen molar-refractivity contribution in [3.63, 3.8) is 0 Å². The van der Waals surface area contributed by atoms with Crippen molar-refractivity contribution in [3.8, 4) is 5.75 Å². The summed E-state index contributed by atoms with van der Waals surface area (Å²) in [5.41, 5.74) is 1.24. The normalized spacial score (nSPS) is 19.1. The Hall–Kier alpha value is -2.75. The van der Waals surface area contributed by atoms with E-state index >= 15 is 0 Å². The van der Waals surface area contributed by atoms with Gasteiger partial charge in [0, 0.05) is 17.1 Å².